The average molecular weight is 447 g/mol. The van der Waals surface area contributed by atoms with Gasteiger partial charge in [-0.2, -0.15) is 0 Å². The van der Waals surface area contributed by atoms with E-state index in [1.165, 1.54) is 6.04 Å². The summed E-state index contributed by atoms with van der Waals surface area (Å²) in [6.07, 6.45) is 2.68. The van der Waals surface area contributed by atoms with Crippen LogP contribution in [0.2, 0.25) is 51.4 Å². The third-order valence-corrected chi connectivity index (χ3v) is 8.82. The molecule has 0 rings (SSSR count). The molecule has 0 fully saturated rings. The molecular weight excluding hydrogens is 396 g/mol. The molecule has 0 saturated carbocycles. The van der Waals surface area contributed by atoms with Crippen molar-refractivity contribution < 1.29 is 19.1 Å². The molecule has 6 heteroatoms. The predicted octanol–water partition coefficient (Wildman–Crippen LogP) is 7.00. The van der Waals surface area contributed by atoms with E-state index in [4.69, 9.17) is 9.47 Å². The molecule has 0 aliphatic carbocycles. The van der Waals surface area contributed by atoms with E-state index in [1.54, 1.807) is 0 Å². The Morgan fingerprint density at radius 1 is 0.655 bits per heavy atom. The van der Waals surface area contributed by atoms with Gasteiger partial charge in [0.05, 0.1) is 24.0 Å². The zero-order valence-electron chi connectivity index (χ0n) is 21.6. The smallest absolute Gasteiger partial charge is 0.311 e. The van der Waals surface area contributed by atoms with E-state index in [1.807, 2.05) is 41.5 Å². The lowest BCUT2D eigenvalue weighted by Crippen LogP contribution is -2.28. The molecule has 0 atom stereocenters. The highest BCUT2D eigenvalue weighted by Crippen LogP contribution is 2.22. The zero-order valence-corrected chi connectivity index (χ0v) is 23.6. The maximum atomic E-state index is 11.6. The molecule has 0 aromatic rings. The lowest BCUT2D eigenvalue weighted by molar-refractivity contribution is -0.154. The topological polar surface area (TPSA) is 52.6 Å². The van der Waals surface area contributed by atoms with E-state index in [9.17, 15) is 9.59 Å². The molecule has 0 aliphatic rings. The third-order valence-electron chi connectivity index (χ3n) is 5.26. The third kappa shape index (κ3) is 16.8. The first kappa shape index (κ1) is 30.6. The summed E-state index contributed by atoms with van der Waals surface area (Å²) in [7, 11) is -2.05. The van der Waals surface area contributed by atoms with Gasteiger partial charge in [0, 0.05) is 16.1 Å². The predicted molar refractivity (Wildman–Crippen MR) is 131 cm³/mol. The van der Waals surface area contributed by atoms with Gasteiger partial charge in [0.1, 0.15) is 0 Å². The molecule has 0 aromatic heterocycles. The maximum Gasteiger partial charge on any atom is 0.311 e. The quantitative estimate of drug-likeness (QED) is 0.195. The molecule has 0 spiro atoms. The Balaban J connectivity index is 0. The summed E-state index contributed by atoms with van der Waals surface area (Å²) in [5.41, 5.74) is -0.640. The zero-order chi connectivity index (χ0) is 23.5. The molecule has 174 valence electrons. The molecular formula is C23H50O4Si2. The van der Waals surface area contributed by atoms with Crippen LogP contribution >= 0.6 is 0 Å². The van der Waals surface area contributed by atoms with E-state index in [2.05, 4.69) is 39.3 Å². The van der Waals surface area contributed by atoms with Crippen LogP contribution in [0.4, 0.5) is 0 Å². The van der Waals surface area contributed by atoms with E-state index in [-0.39, 0.29) is 22.8 Å². The van der Waals surface area contributed by atoms with Gasteiger partial charge < -0.3 is 9.47 Å². The SMILES string of the molecule is CCC(C)(C)C(=O)OCCC[Si](C)(C)C.CCC(C)(C)C(=O)OCC[Si](C)(C)C. The molecule has 0 radical (unpaired) electrons. The van der Waals surface area contributed by atoms with E-state index < -0.39 is 16.1 Å². The lowest BCUT2D eigenvalue weighted by Gasteiger charge is -2.22. The van der Waals surface area contributed by atoms with E-state index >= 15 is 0 Å². The van der Waals surface area contributed by atoms with Crippen LogP contribution in [0.3, 0.4) is 0 Å². The summed E-state index contributed by atoms with van der Waals surface area (Å²) in [5, 5.41) is 0. The van der Waals surface area contributed by atoms with Crippen molar-refractivity contribution in [3.8, 4) is 0 Å². The summed E-state index contributed by atoms with van der Waals surface area (Å²) >= 11 is 0. The first-order valence-corrected chi connectivity index (χ1v) is 18.6. The van der Waals surface area contributed by atoms with Crippen LogP contribution in [0, 0.1) is 10.8 Å². The molecule has 0 N–H and O–H groups in total. The molecule has 0 aliphatic heterocycles. The Morgan fingerprint density at radius 3 is 1.31 bits per heavy atom. The minimum absolute atomic E-state index is 0.0550. The van der Waals surface area contributed by atoms with Gasteiger partial charge in [0.15, 0.2) is 0 Å². The number of hydrogen-bond acceptors (Lipinski definition) is 4. The molecule has 4 nitrogen and oxygen atoms in total. The summed E-state index contributed by atoms with van der Waals surface area (Å²) in [5.74, 6) is -0.112. The summed E-state index contributed by atoms with van der Waals surface area (Å²) in [4.78, 5) is 23.2. The van der Waals surface area contributed by atoms with Gasteiger partial charge in [-0.25, -0.2) is 0 Å². The average Bonchev–Trinajstić information content (AvgIpc) is 2.56. The first-order valence-electron chi connectivity index (χ1n) is 11.2. The van der Waals surface area contributed by atoms with Crippen LogP contribution < -0.4 is 0 Å². The summed E-state index contributed by atoms with van der Waals surface area (Å²) in [6, 6.07) is 2.28. The van der Waals surface area contributed by atoms with Crippen LogP contribution in [-0.2, 0) is 19.1 Å². The van der Waals surface area contributed by atoms with Gasteiger partial charge in [-0.1, -0.05) is 59.2 Å². The lowest BCUT2D eigenvalue weighted by atomic mass is 9.91. The van der Waals surface area contributed by atoms with Crippen LogP contribution in [-0.4, -0.2) is 41.3 Å². The second kappa shape index (κ2) is 12.9. The van der Waals surface area contributed by atoms with Crippen molar-refractivity contribution in [2.24, 2.45) is 10.8 Å². The number of carbonyl (C=O) groups excluding carboxylic acids is 2. The van der Waals surface area contributed by atoms with Crippen molar-refractivity contribution in [2.45, 2.75) is 112 Å². The number of esters is 2. The second-order valence-corrected chi connectivity index (χ2v) is 23.0. The van der Waals surface area contributed by atoms with Crippen LogP contribution in [0.1, 0.15) is 60.8 Å². The Morgan fingerprint density at radius 2 is 1.00 bits per heavy atom. The van der Waals surface area contributed by atoms with Crippen LogP contribution in [0.5, 0.6) is 0 Å². The second-order valence-electron chi connectivity index (χ2n) is 11.7. The Hall–Kier alpha value is -0.626. The Bertz CT molecular complexity index is 486. The fraction of sp³-hybridized carbons (Fsp3) is 0.913. The maximum absolute atomic E-state index is 11.6. The molecule has 0 saturated heterocycles. The normalized spacial score (nSPS) is 12.7. The van der Waals surface area contributed by atoms with Crippen LogP contribution in [0.15, 0.2) is 0 Å². The molecule has 0 unspecified atom stereocenters. The molecule has 0 aromatic carbocycles. The summed E-state index contributed by atoms with van der Waals surface area (Å²) < 4.78 is 10.5. The van der Waals surface area contributed by atoms with E-state index in [0.717, 1.165) is 25.3 Å². The molecule has 0 amide bonds. The van der Waals surface area contributed by atoms with Gasteiger partial charge >= 0.3 is 11.9 Å². The number of hydrogen-bond donors (Lipinski definition) is 0. The monoisotopic (exact) mass is 446 g/mol. The van der Waals surface area contributed by atoms with Gasteiger partial charge in [0.25, 0.3) is 0 Å². The van der Waals surface area contributed by atoms with Crippen LogP contribution in [0.25, 0.3) is 0 Å². The first-order chi connectivity index (χ1) is 12.9. The molecule has 29 heavy (non-hydrogen) atoms. The summed E-state index contributed by atoms with van der Waals surface area (Å²) in [6.45, 7) is 26.8. The fourth-order valence-electron chi connectivity index (χ4n) is 1.90. The highest BCUT2D eigenvalue weighted by atomic mass is 28.3. The number of rotatable bonds is 11. The Labute approximate surface area is 183 Å². The fourth-order valence-corrected chi connectivity index (χ4v) is 3.82. The highest BCUT2D eigenvalue weighted by Gasteiger charge is 2.28. The van der Waals surface area contributed by atoms with Crippen molar-refractivity contribution >= 4 is 28.1 Å². The minimum Gasteiger partial charge on any atom is -0.466 e. The van der Waals surface area contributed by atoms with Gasteiger partial charge in [-0.3, -0.25) is 9.59 Å². The van der Waals surface area contributed by atoms with Crippen molar-refractivity contribution in [1.82, 2.24) is 0 Å². The minimum atomic E-state index is -1.07. The van der Waals surface area contributed by atoms with E-state index in [0.29, 0.717) is 13.2 Å². The standard InChI is InChI=1S/C12H26O2Si.C11H24O2Si/c1-7-12(2,3)11(13)14-9-8-10-15(4,5)6;1-7-11(2,3)10(12)13-8-9-14(4,5)6/h7-10H2,1-6H3;7-9H2,1-6H3. The number of carbonyl (C=O) groups is 2. The highest BCUT2D eigenvalue weighted by molar-refractivity contribution is 6.76. The van der Waals surface area contributed by atoms with Crippen molar-refractivity contribution in [1.29, 1.82) is 0 Å². The van der Waals surface area contributed by atoms with Crippen molar-refractivity contribution in [2.75, 3.05) is 13.2 Å². The van der Waals surface area contributed by atoms with Gasteiger partial charge in [-0.15, -0.1) is 0 Å². The van der Waals surface area contributed by atoms with Crippen molar-refractivity contribution in [3.63, 3.8) is 0 Å². The van der Waals surface area contributed by atoms with Crippen molar-refractivity contribution in [3.05, 3.63) is 0 Å². The Kier molecular flexibility index (Phi) is 13.6. The van der Waals surface area contributed by atoms with Gasteiger partial charge in [0.2, 0.25) is 0 Å². The number of ether oxygens (including phenoxy) is 2. The largest absolute Gasteiger partial charge is 0.466 e. The molecule has 0 heterocycles. The van der Waals surface area contributed by atoms with Gasteiger partial charge in [-0.05, 0) is 53.0 Å². The molecule has 0 bridgehead atoms.